The lowest BCUT2D eigenvalue weighted by Gasteiger charge is -2.39. The standard InChI is InChI=1S/C24H27ClN4O4/c1-15-20(31-18-7-6-16(26-5)12-17(18)25)27-14-28-21(15)32-19-8-11-29(13-24(19)9-10-24)22(30)33-23(2,3)4/h6-7,12,14,19H,8-11,13H2,1-4H3. The van der Waals surface area contributed by atoms with Crippen molar-refractivity contribution in [1.29, 1.82) is 0 Å². The molecule has 0 N–H and O–H groups in total. The maximum atomic E-state index is 12.5. The van der Waals surface area contributed by atoms with Crippen molar-refractivity contribution in [3.05, 3.63) is 46.5 Å². The molecule has 1 unspecified atom stereocenters. The highest BCUT2D eigenvalue weighted by molar-refractivity contribution is 6.32. The summed E-state index contributed by atoms with van der Waals surface area (Å²) in [6, 6.07) is 4.83. The van der Waals surface area contributed by atoms with Gasteiger partial charge in [0.05, 0.1) is 17.2 Å². The fraction of sp³-hybridized carbons (Fsp3) is 0.500. The average Bonchev–Trinajstić information content (AvgIpc) is 3.52. The van der Waals surface area contributed by atoms with Crippen molar-refractivity contribution in [1.82, 2.24) is 14.9 Å². The number of hydrogen-bond acceptors (Lipinski definition) is 6. The molecule has 1 aromatic carbocycles. The zero-order chi connectivity index (χ0) is 23.8. The molecule has 2 fully saturated rings. The maximum absolute atomic E-state index is 12.5. The third kappa shape index (κ3) is 5.14. The van der Waals surface area contributed by atoms with Crippen LogP contribution in [0.3, 0.4) is 0 Å². The number of carbonyl (C=O) groups excluding carboxylic acids is 1. The highest BCUT2D eigenvalue weighted by Crippen LogP contribution is 2.53. The topological polar surface area (TPSA) is 78.1 Å². The SMILES string of the molecule is [C-]#[N+]c1ccc(Oc2ncnc(OC3CCN(C(=O)OC(C)(C)C)CC34CC4)c2C)c(Cl)c1. The summed E-state index contributed by atoms with van der Waals surface area (Å²) in [5.74, 6) is 1.20. The van der Waals surface area contributed by atoms with E-state index in [4.69, 9.17) is 32.4 Å². The monoisotopic (exact) mass is 470 g/mol. The van der Waals surface area contributed by atoms with Gasteiger partial charge in [-0.3, -0.25) is 0 Å². The first-order valence-electron chi connectivity index (χ1n) is 10.9. The van der Waals surface area contributed by atoms with Crippen molar-refractivity contribution < 1.29 is 19.0 Å². The number of ether oxygens (including phenoxy) is 3. The number of benzene rings is 1. The van der Waals surface area contributed by atoms with E-state index in [1.807, 2.05) is 27.7 Å². The molecule has 2 aromatic rings. The van der Waals surface area contributed by atoms with E-state index >= 15 is 0 Å². The first-order valence-corrected chi connectivity index (χ1v) is 11.3. The van der Waals surface area contributed by atoms with Gasteiger partial charge in [0.1, 0.15) is 23.8 Å². The van der Waals surface area contributed by atoms with Crippen LogP contribution in [0.5, 0.6) is 17.5 Å². The van der Waals surface area contributed by atoms with E-state index in [9.17, 15) is 4.79 Å². The second-order valence-corrected chi connectivity index (χ2v) is 10.0. The number of nitrogens with zero attached hydrogens (tertiary/aromatic N) is 4. The Kier molecular flexibility index (Phi) is 6.10. The highest BCUT2D eigenvalue weighted by Gasteiger charge is 2.55. The summed E-state index contributed by atoms with van der Waals surface area (Å²) in [5.41, 5.74) is 0.498. The third-order valence-corrected chi connectivity index (χ3v) is 6.19. The van der Waals surface area contributed by atoms with Gasteiger partial charge in [0, 0.05) is 24.9 Å². The predicted octanol–water partition coefficient (Wildman–Crippen LogP) is 5.95. The summed E-state index contributed by atoms with van der Waals surface area (Å²) in [6.07, 6.45) is 3.75. The largest absolute Gasteiger partial charge is 0.473 e. The molecule has 1 aromatic heterocycles. The van der Waals surface area contributed by atoms with E-state index < -0.39 is 5.60 Å². The molecular formula is C24H27ClN4O4. The van der Waals surface area contributed by atoms with Crippen LogP contribution in [0.2, 0.25) is 5.02 Å². The molecule has 33 heavy (non-hydrogen) atoms. The molecule has 1 aliphatic heterocycles. The van der Waals surface area contributed by atoms with Gasteiger partial charge in [-0.1, -0.05) is 17.7 Å². The van der Waals surface area contributed by atoms with Crippen molar-refractivity contribution in [3.8, 4) is 17.5 Å². The van der Waals surface area contributed by atoms with Crippen LogP contribution in [0.1, 0.15) is 45.6 Å². The summed E-state index contributed by atoms with van der Waals surface area (Å²) in [7, 11) is 0. The normalized spacial score (nSPS) is 19.0. The van der Waals surface area contributed by atoms with Crippen molar-refractivity contribution >= 4 is 23.4 Å². The quantitative estimate of drug-likeness (QED) is 0.514. The van der Waals surface area contributed by atoms with Gasteiger partial charge in [0.25, 0.3) is 0 Å². The molecule has 1 amide bonds. The summed E-state index contributed by atoms with van der Waals surface area (Å²) >= 11 is 6.25. The zero-order valence-corrected chi connectivity index (χ0v) is 20.0. The Hall–Kier alpha value is -3.05. The van der Waals surface area contributed by atoms with E-state index in [1.165, 1.54) is 6.33 Å². The summed E-state index contributed by atoms with van der Waals surface area (Å²) < 4.78 is 17.8. The molecule has 0 bridgehead atoms. The Morgan fingerprint density at radius 2 is 2.00 bits per heavy atom. The first-order chi connectivity index (χ1) is 15.6. The maximum Gasteiger partial charge on any atom is 0.410 e. The molecule has 1 saturated heterocycles. The van der Waals surface area contributed by atoms with Gasteiger partial charge in [0.2, 0.25) is 11.8 Å². The fourth-order valence-corrected chi connectivity index (χ4v) is 4.18. The molecule has 2 aliphatic rings. The summed E-state index contributed by atoms with van der Waals surface area (Å²) in [5, 5.41) is 0.329. The summed E-state index contributed by atoms with van der Waals surface area (Å²) in [6.45, 7) is 15.7. The number of halogens is 1. The van der Waals surface area contributed by atoms with Crippen LogP contribution < -0.4 is 9.47 Å². The number of piperidine rings is 1. The Morgan fingerprint density at radius 1 is 1.27 bits per heavy atom. The molecule has 9 heteroatoms. The highest BCUT2D eigenvalue weighted by atomic mass is 35.5. The Bertz CT molecular complexity index is 1100. The zero-order valence-electron chi connectivity index (χ0n) is 19.2. The molecule has 4 rings (SSSR count). The minimum absolute atomic E-state index is 0.0563. The molecule has 2 heterocycles. The predicted molar refractivity (Wildman–Crippen MR) is 123 cm³/mol. The fourth-order valence-electron chi connectivity index (χ4n) is 3.97. The minimum Gasteiger partial charge on any atom is -0.473 e. The van der Waals surface area contributed by atoms with Crippen LogP contribution >= 0.6 is 11.6 Å². The lowest BCUT2D eigenvalue weighted by molar-refractivity contribution is -0.00975. The number of amides is 1. The van der Waals surface area contributed by atoms with Crippen LogP contribution in [0.4, 0.5) is 10.5 Å². The van der Waals surface area contributed by atoms with E-state index in [-0.39, 0.29) is 17.6 Å². The Balaban J connectivity index is 1.46. The van der Waals surface area contributed by atoms with Crippen LogP contribution in [-0.2, 0) is 4.74 Å². The molecule has 1 aliphatic carbocycles. The second-order valence-electron chi connectivity index (χ2n) is 9.60. The van der Waals surface area contributed by atoms with E-state index in [0.29, 0.717) is 53.3 Å². The van der Waals surface area contributed by atoms with E-state index in [1.54, 1.807) is 23.1 Å². The number of hydrogen-bond donors (Lipinski definition) is 0. The number of rotatable bonds is 4. The number of aromatic nitrogens is 2. The molecule has 1 spiro atoms. The number of carbonyl (C=O) groups is 1. The average molecular weight is 471 g/mol. The van der Waals surface area contributed by atoms with Crippen molar-refractivity contribution in [3.63, 3.8) is 0 Å². The molecule has 8 nitrogen and oxygen atoms in total. The molecule has 1 atom stereocenters. The van der Waals surface area contributed by atoms with Crippen LogP contribution in [-0.4, -0.2) is 45.8 Å². The lowest BCUT2D eigenvalue weighted by atomic mass is 9.91. The van der Waals surface area contributed by atoms with Crippen LogP contribution in [0.15, 0.2) is 24.5 Å². The van der Waals surface area contributed by atoms with Gasteiger partial charge in [-0.15, -0.1) is 0 Å². The lowest BCUT2D eigenvalue weighted by Crippen LogP contribution is -2.50. The van der Waals surface area contributed by atoms with Crippen molar-refractivity contribution in [2.45, 2.75) is 58.7 Å². The van der Waals surface area contributed by atoms with Gasteiger partial charge in [-0.25, -0.2) is 19.6 Å². The molecule has 0 radical (unpaired) electrons. The minimum atomic E-state index is -0.519. The smallest absolute Gasteiger partial charge is 0.410 e. The number of likely N-dealkylation sites (tertiary alicyclic amines) is 1. The van der Waals surface area contributed by atoms with Gasteiger partial charge < -0.3 is 19.1 Å². The summed E-state index contributed by atoms with van der Waals surface area (Å²) in [4.78, 5) is 26.2. The Labute approximate surface area is 198 Å². The van der Waals surface area contributed by atoms with Crippen LogP contribution in [0, 0.1) is 18.9 Å². The van der Waals surface area contributed by atoms with Crippen LogP contribution in [0.25, 0.3) is 4.85 Å². The van der Waals surface area contributed by atoms with Gasteiger partial charge in [-0.2, -0.15) is 0 Å². The van der Waals surface area contributed by atoms with Gasteiger partial charge >= 0.3 is 6.09 Å². The Morgan fingerprint density at radius 3 is 2.64 bits per heavy atom. The molecular weight excluding hydrogens is 444 g/mol. The van der Waals surface area contributed by atoms with Crippen molar-refractivity contribution in [2.24, 2.45) is 5.41 Å². The second kappa shape index (κ2) is 8.71. The van der Waals surface area contributed by atoms with Crippen molar-refractivity contribution in [2.75, 3.05) is 13.1 Å². The van der Waals surface area contributed by atoms with E-state index in [2.05, 4.69) is 14.8 Å². The van der Waals surface area contributed by atoms with Gasteiger partial charge in [-0.05, 0) is 52.7 Å². The first kappa shape index (κ1) is 23.1. The molecule has 174 valence electrons. The van der Waals surface area contributed by atoms with Gasteiger partial charge in [0.15, 0.2) is 5.69 Å². The third-order valence-electron chi connectivity index (χ3n) is 5.89. The van der Waals surface area contributed by atoms with E-state index in [0.717, 1.165) is 12.8 Å². The molecule has 1 saturated carbocycles.